The van der Waals surface area contributed by atoms with Crippen LogP contribution >= 0.6 is 11.8 Å². The zero-order valence-electron chi connectivity index (χ0n) is 20.3. The topological polar surface area (TPSA) is 48.7 Å². The van der Waals surface area contributed by atoms with Crippen LogP contribution in [0.5, 0.6) is 17.2 Å². The lowest BCUT2D eigenvalue weighted by molar-refractivity contribution is -0.138. The van der Waals surface area contributed by atoms with Gasteiger partial charge in [0, 0.05) is 30.4 Å². The van der Waals surface area contributed by atoms with Gasteiger partial charge in [0.25, 0.3) is 0 Å². The molecule has 2 aliphatic rings. The highest BCUT2D eigenvalue weighted by molar-refractivity contribution is 8.03. The maximum absolute atomic E-state index is 13.5. The molecule has 2 aromatic rings. The van der Waals surface area contributed by atoms with E-state index in [4.69, 9.17) is 14.7 Å². The summed E-state index contributed by atoms with van der Waals surface area (Å²) in [5, 5.41) is 8.96. The third-order valence-corrected chi connectivity index (χ3v) is 7.50. The first-order valence-electron chi connectivity index (χ1n) is 12.1. The summed E-state index contributed by atoms with van der Waals surface area (Å²) in [4.78, 5) is 6.26. The minimum Gasteiger partial charge on any atom is -0.493 e. The average Bonchev–Trinajstić information content (AvgIpc) is 3.14. The number of methoxy groups -OCH3 is 1. The molecule has 2 aliphatic heterocycles. The zero-order valence-corrected chi connectivity index (χ0v) is 21.1. The maximum Gasteiger partial charge on any atom is 0.420 e. The Hall–Kier alpha value is -2.67. The van der Waals surface area contributed by atoms with Gasteiger partial charge in [-0.3, -0.25) is 4.90 Å². The molecule has 0 atom stereocenters. The Balaban J connectivity index is 1.42. The summed E-state index contributed by atoms with van der Waals surface area (Å²) in [5.74, 6) is 1.09. The summed E-state index contributed by atoms with van der Waals surface area (Å²) in [6.07, 6.45) is 2.71. The average molecular weight is 518 g/mol. The van der Waals surface area contributed by atoms with E-state index in [1.165, 1.54) is 56.9 Å². The van der Waals surface area contributed by atoms with Crippen LogP contribution in [0.4, 0.5) is 13.2 Å². The fourth-order valence-corrected chi connectivity index (χ4v) is 5.49. The van der Waals surface area contributed by atoms with Crippen molar-refractivity contribution in [2.24, 2.45) is 0 Å². The highest BCUT2D eigenvalue weighted by Gasteiger charge is 2.35. The van der Waals surface area contributed by atoms with E-state index in [9.17, 15) is 13.2 Å². The van der Waals surface area contributed by atoms with Gasteiger partial charge in [-0.1, -0.05) is 18.9 Å². The highest BCUT2D eigenvalue weighted by Crippen LogP contribution is 2.41. The van der Waals surface area contributed by atoms with E-state index in [-0.39, 0.29) is 17.1 Å². The zero-order chi connectivity index (χ0) is 25.5. The Labute approximate surface area is 214 Å². The SMILES string of the molecule is COc1cc(/C=C2/CN(CCN3CCCCCC3)CS2)ccc1Oc1ccc(C#N)cc1C(F)(F)F. The van der Waals surface area contributed by atoms with Crippen LogP contribution in [0.15, 0.2) is 41.3 Å². The molecule has 0 spiro atoms. The van der Waals surface area contributed by atoms with Gasteiger partial charge in [0.15, 0.2) is 11.5 Å². The molecule has 2 fully saturated rings. The molecule has 2 aromatic carbocycles. The number of rotatable bonds is 7. The van der Waals surface area contributed by atoms with Gasteiger partial charge in [-0.05, 0) is 67.9 Å². The molecule has 2 saturated heterocycles. The maximum atomic E-state index is 13.5. The van der Waals surface area contributed by atoms with Crippen LogP contribution in [-0.2, 0) is 6.18 Å². The van der Waals surface area contributed by atoms with E-state index in [0.29, 0.717) is 5.75 Å². The van der Waals surface area contributed by atoms with Crippen LogP contribution in [0.1, 0.15) is 42.4 Å². The molecule has 0 unspecified atom stereocenters. The van der Waals surface area contributed by atoms with Crippen molar-refractivity contribution in [2.75, 3.05) is 45.7 Å². The van der Waals surface area contributed by atoms with Gasteiger partial charge in [0.1, 0.15) is 5.75 Å². The monoisotopic (exact) mass is 517 g/mol. The van der Waals surface area contributed by atoms with Gasteiger partial charge in [0.2, 0.25) is 0 Å². The highest BCUT2D eigenvalue weighted by atomic mass is 32.2. The van der Waals surface area contributed by atoms with Crippen LogP contribution in [0.2, 0.25) is 0 Å². The molecule has 4 rings (SSSR count). The fourth-order valence-electron chi connectivity index (χ4n) is 4.43. The quantitative estimate of drug-likeness (QED) is 0.412. The molecule has 5 nitrogen and oxygen atoms in total. The second-order valence-electron chi connectivity index (χ2n) is 9.03. The lowest BCUT2D eigenvalue weighted by Gasteiger charge is -2.22. The predicted molar refractivity (Wildman–Crippen MR) is 136 cm³/mol. The minimum absolute atomic E-state index is 0.0850. The molecule has 0 saturated carbocycles. The van der Waals surface area contributed by atoms with Crippen molar-refractivity contribution in [2.45, 2.75) is 31.9 Å². The molecule has 9 heteroatoms. The van der Waals surface area contributed by atoms with Crippen molar-refractivity contribution in [1.82, 2.24) is 9.80 Å². The predicted octanol–water partition coefficient (Wildman–Crippen LogP) is 6.60. The number of thioether (sulfide) groups is 1. The molecule has 2 heterocycles. The number of hydrogen-bond donors (Lipinski definition) is 0. The lowest BCUT2D eigenvalue weighted by Crippen LogP contribution is -2.34. The van der Waals surface area contributed by atoms with E-state index in [2.05, 4.69) is 15.9 Å². The first-order valence-corrected chi connectivity index (χ1v) is 13.1. The van der Waals surface area contributed by atoms with Gasteiger partial charge in [-0.2, -0.15) is 18.4 Å². The van der Waals surface area contributed by atoms with E-state index in [1.807, 2.05) is 17.8 Å². The Morgan fingerprint density at radius 3 is 2.39 bits per heavy atom. The van der Waals surface area contributed by atoms with Crippen LogP contribution < -0.4 is 9.47 Å². The van der Waals surface area contributed by atoms with Gasteiger partial charge in [0.05, 0.1) is 24.3 Å². The van der Waals surface area contributed by atoms with Crippen molar-refractivity contribution < 1.29 is 22.6 Å². The third kappa shape index (κ3) is 6.96. The standard InChI is InChI=1S/C27H30F3N3O2S/c1-34-26-16-20(14-22-18-33(19-36-22)13-12-32-10-4-2-3-5-11-32)6-9-25(26)35-24-8-7-21(17-31)15-23(24)27(28,29)30/h6-9,14-16H,2-5,10-13,18-19H2,1H3/b22-14-. The van der Waals surface area contributed by atoms with Crippen molar-refractivity contribution >= 4 is 17.8 Å². The molecule has 0 N–H and O–H groups in total. The summed E-state index contributed by atoms with van der Waals surface area (Å²) in [5.41, 5.74) is -0.192. The van der Waals surface area contributed by atoms with Gasteiger partial charge >= 0.3 is 6.18 Å². The molecular formula is C27H30F3N3O2S. The Morgan fingerprint density at radius 2 is 1.69 bits per heavy atom. The Morgan fingerprint density at radius 1 is 0.972 bits per heavy atom. The smallest absolute Gasteiger partial charge is 0.420 e. The number of ether oxygens (including phenoxy) is 2. The first kappa shape index (κ1) is 26.4. The van der Waals surface area contributed by atoms with Crippen LogP contribution in [0, 0.1) is 11.3 Å². The van der Waals surface area contributed by atoms with E-state index in [0.717, 1.165) is 43.2 Å². The van der Waals surface area contributed by atoms with Gasteiger partial charge in [-0.15, -0.1) is 11.8 Å². The summed E-state index contributed by atoms with van der Waals surface area (Å²) in [6, 6.07) is 10.2. The molecular weight excluding hydrogens is 487 g/mol. The molecule has 0 bridgehead atoms. The minimum atomic E-state index is -4.65. The molecule has 0 amide bonds. The second kappa shape index (κ2) is 12.0. The van der Waals surface area contributed by atoms with Crippen molar-refractivity contribution in [3.05, 3.63) is 58.0 Å². The summed E-state index contributed by atoms with van der Waals surface area (Å²) < 4.78 is 51.6. The first-order chi connectivity index (χ1) is 17.4. The summed E-state index contributed by atoms with van der Waals surface area (Å²) in [7, 11) is 1.46. The van der Waals surface area contributed by atoms with Gasteiger partial charge < -0.3 is 14.4 Å². The molecule has 192 valence electrons. The van der Waals surface area contributed by atoms with Crippen LogP contribution in [-0.4, -0.2) is 55.5 Å². The summed E-state index contributed by atoms with van der Waals surface area (Å²) in [6.45, 7) is 5.43. The van der Waals surface area contributed by atoms with Crippen molar-refractivity contribution in [3.63, 3.8) is 0 Å². The number of hydrogen-bond acceptors (Lipinski definition) is 6. The number of halogens is 3. The van der Waals surface area contributed by atoms with Crippen molar-refractivity contribution in [3.8, 4) is 23.3 Å². The number of benzene rings is 2. The Kier molecular flexibility index (Phi) is 8.83. The number of alkyl halides is 3. The van der Waals surface area contributed by atoms with E-state index >= 15 is 0 Å². The van der Waals surface area contributed by atoms with Crippen LogP contribution in [0.3, 0.4) is 0 Å². The molecule has 0 radical (unpaired) electrons. The normalized spacial score (nSPS) is 18.7. The number of likely N-dealkylation sites (tertiary alicyclic amines) is 1. The van der Waals surface area contributed by atoms with Crippen LogP contribution in [0.25, 0.3) is 6.08 Å². The third-order valence-electron chi connectivity index (χ3n) is 6.39. The second-order valence-corrected chi connectivity index (χ2v) is 10.1. The van der Waals surface area contributed by atoms with Crippen molar-refractivity contribution in [1.29, 1.82) is 5.26 Å². The lowest BCUT2D eigenvalue weighted by atomic mass is 10.1. The van der Waals surface area contributed by atoms with Gasteiger partial charge in [-0.25, -0.2) is 0 Å². The van der Waals surface area contributed by atoms with E-state index in [1.54, 1.807) is 18.2 Å². The largest absolute Gasteiger partial charge is 0.493 e. The Bertz CT molecular complexity index is 1120. The van der Waals surface area contributed by atoms with E-state index < -0.39 is 11.7 Å². The molecule has 0 aromatic heterocycles. The number of nitriles is 1. The molecule has 36 heavy (non-hydrogen) atoms. The fraction of sp³-hybridized carbons (Fsp3) is 0.444. The summed E-state index contributed by atoms with van der Waals surface area (Å²) >= 11 is 1.81. The number of nitrogens with zero attached hydrogens (tertiary/aromatic N) is 3. The molecule has 0 aliphatic carbocycles.